The van der Waals surface area contributed by atoms with E-state index in [1.165, 1.54) is 25.5 Å². The van der Waals surface area contributed by atoms with Gasteiger partial charge in [0.05, 0.1) is 28.7 Å². The Morgan fingerprint density at radius 1 is 1.00 bits per heavy atom. The molecule has 2 aliphatic heterocycles. The molecule has 0 N–H and O–H groups in total. The second-order valence-corrected chi connectivity index (χ2v) is 12.5. The van der Waals surface area contributed by atoms with E-state index in [2.05, 4.69) is 4.98 Å². The van der Waals surface area contributed by atoms with Crippen molar-refractivity contribution in [2.75, 3.05) is 20.3 Å². The van der Waals surface area contributed by atoms with E-state index >= 15 is 4.39 Å². The zero-order valence-corrected chi connectivity index (χ0v) is 19.6. The first-order chi connectivity index (χ1) is 17.8. The van der Waals surface area contributed by atoms with Crippen LogP contribution in [0.25, 0.3) is 22.2 Å². The van der Waals surface area contributed by atoms with Gasteiger partial charge in [0.1, 0.15) is 30.4 Å². The molecule has 2 atom stereocenters. The summed E-state index contributed by atoms with van der Waals surface area (Å²) in [7, 11) is -2.82. The lowest BCUT2D eigenvalue weighted by atomic mass is 9.97. The molecule has 9 heteroatoms. The Morgan fingerprint density at radius 2 is 1.74 bits per heavy atom. The van der Waals surface area contributed by atoms with Crippen molar-refractivity contribution in [3.05, 3.63) is 82.9 Å². The summed E-state index contributed by atoms with van der Waals surface area (Å²) in [4.78, 5) is 18.6. The number of imidazole rings is 1. The van der Waals surface area contributed by atoms with Gasteiger partial charge in [-0.2, -0.15) is 0 Å². The van der Waals surface area contributed by atoms with E-state index in [-0.39, 0.29) is 28.7 Å². The SMILES string of the molecule is [2H]C([2H])([2H])N1C(=O)c2cc(F)cc(F)c2[C@H]2C[C@@H]1c1nc3ccc(-c4ccc(P(C)(C)=O)c(F)c4)cc3n12. The second kappa shape index (κ2) is 7.31. The average Bonchev–Trinajstić information content (AvgIpc) is 3.30. The number of hydrogen-bond donors (Lipinski definition) is 0. The van der Waals surface area contributed by atoms with Crippen molar-refractivity contribution in [1.82, 2.24) is 14.5 Å². The molecule has 178 valence electrons. The Kier molecular flexibility index (Phi) is 3.94. The fourth-order valence-corrected chi connectivity index (χ4v) is 6.25. The van der Waals surface area contributed by atoms with Crippen LogP contribution in [0.15, 0.2) is 48.5 Å². The Bertz CT molecular complexity index is 1730. The molecule has 0 saturated heterocycles. The van der Waals surface area contributed by atoms with Crippen molar-refractivity contribution in [2.45, 2.75) is 18.5 Å². The monoisotopic (exact) mass is 498 g/mol. The van der Waals surface area contributed by atoms with Crippen LogP contribution in [-0.2, 0) is 4.57 Å². The Hall–Kier alpha value is -3.38. The molecule has 2 bridgehead atoms. The highest BCUT2D eigenvalue weighted by atomic mass is 31.2. The third kappa shape index (κ3) is 3.19. The topological polar surface area (TPSA) is 55.2 Å². The van der Waals surface area contributed by atoms with Crippen molar-refractivity contribution in [3.63, 3.8) is 0 Å². The van der Waals surface area contributed by atoms with E-state index in [0.717, 1.165) is 6.07 Å². The molecule has 0 fully saturated rings. The number of rotatable bonds is 2. The molecule has 0 aliphatic carbocycles. The van der Waals surface area contributed by atoms with Crippen LogP contribution in [0.1, 0.15) is 44.4 Å². The van der Waals surface area contributed by atoms with Crippen molar-refractivity contribution in [3.8, 4) is 11.1 Å². The predicted octanol–water partition coefficient (Wildman–Crippen LogP) is 5.49. The van der Waals surface area contributed by atoms with Crippen LogP contribution < -0.4 is 5.30 Å². The minimum absolute atomic E-state index is 0.0494. The standard InChI is InChI=1S/C26H21F3N3O2P/c1-31-22-12-21(24-16(26(31)33)10-15(27)11-18(24)29)32-20-9-14(4-6-19(20)30-25(22)32)13-5-7-23(17(28)8-13)35(2,3)34/h4-11,21-22H,12H2,1-3H3/t21-,22-/m1/s1/i1D3. The molecule has 1 amide bonds. The first kappa shape index (κ1) is 18.9. The fraction of sp³-hybridized carbons (Fsp3) is 0.231. The summed E-state index contributed by atoms with van der Waals surface area (Å²) in [6, 6.07) is 9.33. The molecule has 6 rings (SSSR count). The second-order valence-electron chi connectivity index (χ2n) is 9.35. The molecule has 1 aromatic heterocycles. The van der Waals surface area contributed by atoms with Crippen LogP contribution in [0.2, 0.25) is 0 Å². The number of aromatic nitrogens is 2. The van der Waals surface area contributed by atoms with Gasteiger partial charge in [-0.3, -0.25) is 4.79 Å². The number of amides is 1. The van der Waals surface area contributed by atoms with Crippen LogP contribution in [-0.4, -0.2) is 40.7 Å². The van der Waals surface area contributed by atoms with E-state index in [1.54, 1.807) is 28.8 Å². The van der Waals surface area contributed by atoms with Gasteiger partial charge in [0.25, 0.3) is 5.91 Å². The molecular formula is C26H21F3N3O2P. The Balaban J connectivity index is 1.58. The van der Waals surface area contributed by atoms with Gasteiger partial charge in [-0.05, 0) is 54.8 Å². The van der Waals surface area contributed by atoms with Crippen molar-refractivity contribution in [1.29, 1.82) is 0 Å². The van der Waals surface area contributed by atoms with Gasteiger partial charge >= 0.3 is 0 Å². The lowest BCUT2D eigenvalue weighted by Crippen LogP contribution is -2.30. The lowest BCUT2D eigenvalue weighted by Gasteiger charge is -2.24. The normalized spacial score (nSPS) is 20.8. The van der Waals surface area contributed by atoms with E-state index in [4.69, 9.17) is 4.11 Å². The average molecular weight is 498 g/mol. The van der Waals surface area contributed by atoms with Crippen molar-refractivity contribution in [2.24, 2.45) is 0 Å². The predicted molar refractivity (Wildman–Crippen MR) is 128 cm³/mol. The smallest absolute Gasteiger partial charge is 0.254 e. The molecule has 0 saturated carbocycles. The quantitative estimate of drug-likeness (QED) is 0.344. The van der Waals surface area contributed by atoms with Crippen LogP contribution >= 0.6 is 7.14 Å². The maximum atomic E-state index is 15.2. The van der Waals surface area contributed by atoms with Crippen molar-refractivity contribution >= 4 is 29.4 Å². The molecule has 2 aliphatic rings. The molecule has 0 unspecified atom stereocenters. The first-order valence-electron chi connectivity index (χ1n) is 12.5. The van der Waals surface area contributed by atoms with E-state index in [0.29, 0.717) is 33.1 Å². The number of carbonyl (C=O) groups excluding carboxylic acids is 1. The van der Waals surface area contributed by atoms with Crippen LogP contribution in [0.4, 0.5) is 13.2 Å². The van der Waals surface area contributed by atoms with Gasteiger partial charge < -0.3 is 14.0 Å². The highest BCUT2D eigenvalue weighted by molar-refractivity contribution is 7.70. The highest BCUT2D eigenvalue weighted by Gasteiger charge is 2.45. The molecule has 3 heterocycles. The van der Waals surface area contributed by atoms with Gasteiger partial charge in [0, 0.05) is 34.4 Å². The van der Waals surface area contributed by atoms with Crippen LogP contribution in [0.3, 0.4) is 0 Å². The van der Waals surface area contributed by atoms with E-state index < -0.39 is 49.6 Å². The summed E-state index contributed by atoms with van der Waals surface area (Å²) in [5, 5.41) is 0.145. The maximum Gasteiger partial charge on any atom is 0.254 e. The van der Waals surface area contributed by atoms with Gasteiger partial charge in [-0.15, -0.1) is 0 Å². The minimum atomic E-state index is -2.88. The van der Waals surface area contributed by atoms with E-state index in [9.17, 15) is 18.1 Å². The van der Waals surface area contributed by atoms with Crippen LogP contribution in [0, 0.1) is 17.5 Å². The lowest BCUT2D eigenvalue weighted by molar-refractivity contribution is 0.0733. The summed E-state index contributed by atoms with van der Waals surface area (Å²) >= 11 is 0. The summed E-state index contributed by atoms with van der Waals surface area (Å²) in [5.74, 6) is -3.22. The first-order valence-corrected chi connectivity index (χ1v) is 13.6. The maximum absolute atomic E-state index is 15.2. The molecule has 3 aromatic carbocycles. The number of carbonyl (C=O) groups is 1. The Morgan fingerprint density at radius 3 is 2.46 bits per heavy atom. The molecule has 0 spiro atoms. The molecule has 0 radical (unpaired) electrons. The fourth-order valence-electron chi connectivity index (χ4n) is 5.24. The number of halogens is 3. The number of benzene rings is 3. The molecular weight excluding hydrogens is 474 g/mol. The minimum Gasteiger partial charge on any atom is -0.331 e. The largest absolute Gasteiger partial charge is 0.331 e. The molecule has 4 aromatic rings. The van der Waals surface area contributed by atoms with E-state index in [1.807, 2.05) is 0 Å². The number of hydrogen-bond acceptors (Lipinski definition) is 3. The third-order valence-electron chi connectivity index (χ3n) is 6.82. The Labute approximate surface area is 203 Å². The molecule has 35 heavy (non-hydrogen) atoms. The van der Waals surface area contributed by atoms with Gasteiger partial charge in [0.15, 0.2) is 0 Å². The zero-order valence-electron chi connectivity index (χ0n) is 21.7. The number of nitrogens with zero attached hydrogens (tertiary/aromatic N) is 3. The highest BCUT2D eigenvalue weighted by Crippen LogP contribution is 2.48. The third-order valence-corrected chi connectivity index (χ3v) is 8.35. The zero-order chi connectivity index (χ0) is 27.3. The molecule has 5 nitrogen and oxygen atoms in total. The summed E-state index contributed by atoms with van der Waals surface area (Å²) < 4.78 is 82.3. The summed E-state index contributed by atoms with van der Waals surface area (Å²) in [6.07, 6.45) is 0.0494. The van der Waals surface area contributed by atoms with Crippen LogP contribution in [0.5, 0.6) is 0 Å². The summed E-state index contributed by atoms with van der Waals surface area (Å²) in [6.45, 7) is 0.0966. The number of fused-ring (bicyclic) bond motifs is 9. The van der Waals surface area contributed by atoms with Gasteiger partial charge in [-0.1, -0.05) is 12.1 Å². The van der Waals surface area contributed by atoms with Crippen molar-refractivity contribution < 1.29 is 26.6 Å². The van der Waals surface area contributed by atoms with Gasteiger partial charge in [-0.25, -0.2) is 18.2 Å². The summed E-state index contributed by atoms with van der Waals surface area (Å²) in [5.41, 5.74) is 1.70. The van der Waals surface area contributed by atoms with Gasteiger partial charge in [0.2, 0.25) is 0 Å².